The smallest absolute Gasteiger partial charge is 0.340 e. The summed E-state index contributed by atoms with van der Waals surface area (Å²) < 4.78 is 36.8. The zero-order valence-corrected chi connectivity index (χ0v) is 17.3. The number of methoxy groups -OCH3 is 1. The Balaban J connectivity index is 1.77. The number of halogens is 1. The van der Waals surface area contributed by atoms with E-state index in [1.165, 1.54) is 29.6 Å². The van der Waals surface area contributed by atoms with Gasteiger partial charge in [-0.3, -0.25) is 0 Å². The molecule has 0 bridgehead atoms. The molecule has 0 radical (unpaired) electrons. The summed E-state index contributed by atoms with van der Waals surface area (Å²) in [5.41, 5.74) is 0.882. The number of hydrogen-bond donors (Lipinski definition) is 0. The van der Waals surface area contributed by atoms with E-state index >= 15 is 0 Å². The highest BCUT2D eigenvalue weighted by Crippen LogP contribution is 2.26. The van der Waals surface area contributed by atoms with Crippen molar-refractivity contribution in [2.75, 3.05) is 20.2 Å². The summed E-state index contributed by atoms with van der Waals surface area (Å²) in [5, 5.41) is 0.0960. The third kappa shape index (κ3) is 4.77. The zero-order valence-electron chi connectivity index (χ0n) is 15.8. The highest BCUT2D eigenvalue weighted by atomic mass is 35.5. The Kier molecular flexibility index (Phi) is 6.56. The van der Waals surface area contributed by atoms with Gasteiger partial charge < -0.3 is 9.47 Å². The lowest BCUT2D eigenvalue weighted by atomic mass is 10.1. The van der Waals surface area contributed by atoms with E-state index in [2.05, 4.69) is 4.74 Å². The van der Waals surface area contributed by atoms with Gasteiger partial charge >= 0.3 is 11.9 Å². The molecule has 0 aromatic heterocycles. The molecule has 0 spiro atoms. The van der Waals surface area contributed by atoms with Crippen molar-refractivity contribution < 1.29 is 27.5 Å². The first kappa shape index (κ1) is 21.3. The van der Waals surface area contributed by atoms with Crippen molar-refractivity contribution in [3.8, 4) is 0 Å². The molecule has 29 heavy (non-hydrogen) atoms. The largest absolute Gasteiger partial charge is 0.465 e. The summed E-state index contributed by atoms with van der Waals surface area (Å²) in [4.78, 5) is 24.1. The Morgan fingerprint density at radius 3 is 2.48 bits per heavy atom. The minimum Gasteiger partial charge on any atom is -0.465 e. The Labute approximate surface area is 174 Å². The van der Waals surface area contributed by atoms with E-state index in [4.69, 9.17) is 16.3 Å². The SMILES string of the molecule is COC(=O)c1cccc(COC(=O)c2cc(S(=O)(=O)N3CCCC3)ccc2Cl)c1. The highest BCUT2D eigenvalue weighted by molar-refractivity contribution is 7.89. The highest BCUT2D eigenvalue weighted by Gasteiger charge is 2.28. The number of carbonyl (C=O) groups excluding carboxylic acids is 2. The number of benzene rings is 2. The van der Waals surface area contributed by atoms with Gasteiger partial charge in [0.25, 0.3) is 0 Å². The number of sulfonamides is 1. The fourth-order valence-electron chi connectivity index (χ4n) is 3.03. The van der Waals surface area contributed by atoms with Crippen molar-refractivity contribution in [2.45, 2.75) is 24.3 Å². The maximum absolute atomic E-state index is 12.7. The van der Waals surface area contributed by atoms with Gasteiger partial charge in [0.2, 0.25) is 10.0 Å². The average molecular weight is 438 g/mol. The van der Waals surface area contributed by atoms with Gasteiger partial charge in [0.05, 0.1) is 28.2 Å². The van der Waals surface area contributed by atoms with Crippen molar-refractivity contribution in [2.24, 2.45) is 0 Å². The molecule has 2 aromatic carbocycles. The average Bonchev–Trinajstić information content (AvgIpc) is 3.27. The van der Waals surface area contributed by atoms with Crippen LogP contribution in [0.25, 0.3) is 0 Å². The van der Waals surface area contributed by atoms with Crippen molar-refractivity contribution in [3.63, 3.8) is 0 Å². The van der Waals surface area contributed by atoms with Gasteiger partial charge in [-0.05, 0) is 48.7 Å². The molecule has 9 heteroatoms. The molecule has 154 valence electrons. The summed E-state index contributed by atoms with van der Waals surface area (Å²) in [5.74, 6) is -1.25. The number of carbonyl (C=O) groups is 2. The van der Waals surface area contributed by atoms with Crippen molar-refractivity contribution in [1.29, 1.82) is 0 Å². The minimum atomic E-state index is -3.68. The predicted octanol–water partition coefficient (Wildman–Crippen LogP) is 3.27. The number of esters is 2. The van der Waals surface area contributed by atoms with Crippen molar-refractivity contribution >= 4 is 33.6 Å². The van der Waals surface area contributed by atoms with Gasteiger partial charge in [-0.2, -0.15) is 4.31 Å². The van der Waals surface area contributed by atoms with E-state index in [1.807, 2.05) is 0 Å². The van der Waals surface area contributed by atoms with Crippen LogP contribution in [0.3, 0.4) is 0 Å². The quantitative estimate of drug-likeness (QED) is 0.644. The lowest BCUT2D eigenvalue weighted by Gasteiger charge is -2.16. The van der Waals surface area contributed by atoms with E-state index in [0.29, 0.717) is 24.2 Å². The second-order valence-corrected chi connectivity index (χ2v) is 8.87. The molecular formula is C20H20ClNO6S. The van der Waals surface area contributed by atoms with Gasteiger partial charge in [0, 0.05) is 13.1 Å². The number of nitrogens with zero attached hydrogens (tertiary/aromatic N) is 1. The van der Waals surface area contributed by atoms with Crippen LogP contribution in [0.15, 0.2) is 47.4 Å². The molecule has 0 amide bonds. The monoisotopic (exact) mass is 437 g/mol. The van der Waals surface area contributed by atoms with Crippen LogP contribution in [0, 0.1) is 0 Å². The third-order valence-electron chi connectivity index (χ3n) is 4.58. The summed E-state index contributed by atoms with van der Waals surface area (Å²) in [6.07, 6.45) is 1.62. The van der Waals surface area contributed by atoms with Crippen LogP contribution >= 0.6 is 11.6 Å². The number of hydrogen-bond acceptors (Lipinski definition) is 6. The zero-order chi connectivity index (χ0) is 21.0. The summed E-state index contributed by atoms with van der Waals surface area (Å²) >= 11 is 6.10. The second kappa shape index (κ2) is 8.94. The molecule has 0 aliphatic carbocycles. The molecule has 1 fully saturated rings. The molecule has 0 N–H and O–H groups in total. The maximum Gasteiger partial charge on any atom is 0.340 e. The van der Waals surface area contributed by atoms with E-state index < -0.39 is 22.0 Å². The predicted molar refractivity (Wildman–Crippen MR) is 106 cm³/mol. The molecule has 7 nitrogen and oxygen atoms in total. The fraction of sp³-hybridized carbons (Fsp3) is 0.300. The van der Waals surface area contributed by atoms with Crippen LogP contribution in [0.5, 0.6) is 0 Å². The van der Waals surface area contributed by atoms with Crippen LogP contribution in [0.1, 0.15) is 39.1 Å². The topological polar surface area (TPSA) is 90.0 Å². The van der Waals surface area contributed by atoms with Crippen molar-refractivity contribution in [3.05, 3.63) is 64.2 Å². The van der Waals surface area contributed by atoms with E-state index in [0.717, 1.165) is 12.8 Å². The molecule has 1 aliphatic heterocycles. The van der Waals surface area contributed by atoms with Crippen LogP contribution in [0.2, 0.25) is 5.02 Å². The molecule has 0 unspecified atom stereocenters. The van der Waals surface area contributed by atoms with Crippen LogP contribution in [-0.2, 0) is 26.1 Å². The van der Waals surface area contributed by atoms with Crippen LogP contribution in [0.4, 0.5) is 0 Å². The Morgan fingerprint density at radius 2 is 1.79 bits per heavy atom. The summed E-state index contributed by atoms with van der Waals surface area (Å²) in [7, 11) is -2.40. The minimum absolute atomic E-state index is 0.00318. The normalized spacial score (nSPS) is 14.6. The number of rotatable bonds is 6. The lowest BCUT2D eigenvalue weighted by Crippen LogP contribution is -2.28. The molecule has 2 aromatic rings. The fourth-order valence-corrected chi connectivity index (χ4v) is 4.77. The molecular weight excluding hydrogens is 418 g/mol. The first-order chi connectivity index (χ1) is 13.8. The molecule has 1 heterocycles. The van der Waals surface area contributed by atoms with Gasteiger partial charge in [-0.1, -0.05) is 23.7 Å². The van der Waals surface area contributed by atoms with Gasteiger partial charge in [0.1, 0.15) is 6.61 Å². The van der Waals surface area contributed by atoms with E-state index in [1.54, 1.807) is 24.3 Å². The summed E-state index contributed by atoms with van der Waals surface area (Å²) in [6.45, 7) is 0.811. The standard InChI is InChI=1S/C20H20ClNO6S/c1-27-19(23)15-6-4-5-14(11-15)13-28-20(24)17-12-16(7-8-18(17)21)29(25,26)22-9-2-3-10-22/h4-8,11-12H,2-3,9-10,13H2,1H3. The molecule has 0 saturated carbocycles. The van der Waals surface area contributed by atoms with Crippen LogP contribution in [-0.4, -0.2) is 44.9 Å². The van der Waals surface area contributed by atoms with E-state index in [-0.39, 0.29) is 22.1 Å². The van der Waals surface area contributed by atoms with Crippen LogP contribution < -0.4 is 0 Å². The van der Waals surface area contributed by atoms with Crippen molar-refractivity contribution in [1.82, 2.24) is 4.31 Å². The summed E-state index contributed by atoms with van der Waals surface area (Å²) in [6, 6.07) is 10.5. The first-order valence-corrected chi connectivity index (χ1v) is 10.8. The van der Waals surface area contributed by atoms with E-state index in [9.17, 15) is 18.0 Å². The molecule has 1 aliphatic rings. The Hall–Kier alpha value is -2.42. The molecule has 0 atom stereocenters. The Bertz CT molecular complexity index is 1030. The van der Waals surface area contributed by atoms with Gasteiger partial charge in [0.15, 0.2) is 0 Å². The second-order valence-electron chi connectivity index (χ2n) is 6.52. The lowest BCUT2D eigenvalue weighted by molar-refractivity contribution is 0.0472. The van der Waals surface area contributed by atoms with Gasteiger partial charge in [-0.15, -0.1) is 0 Å². The Morgan fingerprint density at radius 1 is 1.07 bits per heavy atom. The molecule has 1 saturated heterocycles. The number of ether oxygens (including phenoxy) is 2. The maximum atomic E-state index is 12.7. The first-order valence-electron chi connectivity index (χ1n) is 8.97. The third-order valence-corrected chi connectivity index (χ3v) is 6.80. The van der Waals surface area contributed by atoms with Gasteiger partial charge in [-0.25, -0.2) is 18.0 Å². The molecule has 3 rings (SSSR count).